The highest BCUT2D eigenvalue weighted by Crippen LogP contribution is 2.32. The van der Waals surface area contributed by atoms with Crippen LogP contribution in [0.25, 0.3) is 89.4 Å². The van der Waals surface area contributed by atoms with E-state index in [-0.39, 0.29) is 0 Å². The summed E-state index contributed by atoms with van der Waals surface area (Å²) in [5.74, 6) is 1.64. The summed E-state index contributed by atoms with van der Waals surface area (Å²) in [6.07, 6.45) is 3.77. The molecule has 0 N–H and O–H groups in total. The number of hydrogen-bond donors (Lipinski definition) is 0. The van der Waals surface area contributed by atoms with Crippen LogP contribution < -0.4 is 9.47 Å². The molecule has 0 bridgehead atoms. The molecule has 9 rings (SSSR count). The topological polar surface area (TPSA) is 82.9 Å². The molecule has 0 atom stereocenters. The Bertz CT molecular complexity index is 2770. The molecule has 4 aromatic carbocycles. The van der Waals surface area contributed by atoms with Crippen molar-refractivity contribution in [1.82, 2.24) is 24.9 Å². The molecule has 0 unspecified atom stereocenters. The minimum Gasteiger partial charge on any atom is -0.497 e. The molecule has 7 nitrogen and oxygen atoms in total. The highest BCUT2D eigenvalue weighted by Gasteiger charge is 2.12. The van der Waals surface area contributed by atoms with E-state index in [0.717, 1.165) is 101 Å². The maximum atomic E-state index is 5.34. The van der Waals surface area contributed by atoms with Gasteiger partial charge in [0.1, 0.15) is 11.5 Å². The van der Waals surface area contributed by atoms with E-state index in [9.17, 15) is 0 Å². The van der Waals surface area contributed by atoms with E-state index in [0.29, 0.717) is 0 Å². The first-order valence-electron chi connectivity index (χ1n) is 17.6. The Kier molecular flexibility index (Phi) is 8.49. The smallest absolute Gasteiger partial charge is 0.118 e. The van der Waals surface area contributed by atoms with Gasteiger partial charge in [0, 0.05) is 45.4 Å². The summed E-state index contributed by atoms with van der Waals surface area (Å²) >= 11 is 0. The molecule has 0 aliphatic carbocycles. The van der Waals surface area contributed by atoms with Crippen molar-refractivity contribution in [3.63, 3.8) is 0 Å². The fraction of sp³-hybridized carbons (Fsp3) is 0.0426. The molecule has 0 saturated carbocycles. The number of hydrogen-bond acceptors (Lipinski definition) is 7. The highest BCUT2D eigenvalue weighted by atomic mass is 16.5. The van der Waals surface area contributed by atoms with E-state index in [1.165, 1.54) is 0 Å². The van der Waals surface area contributed by atoms with Gasteiger partial charge in [0.05, 0.1) is 59.4 Å². The summed E-state index contributed by atoms with van der Waals surface area (Å²) in [4.78, 5) is 24.7. The van der Waals surface area contributed by atoms with Crippen LogP contribution in [0.5, 0.6) is 11.5 Å². The fourth-order valence-electron chi connectivity index (χ4n) is 6.64. The molecule has 0 aliphatic heterocycles. The summed E-state index contributed by atoms with van der Waals surface area (Å²) in [7, 11) is 3.34. The van der Waals surface area contributed by atoms with Crippen molar-refractivity contribution in [3.8, 4) is 79.0 Å². The second-order valence-electron chi connectivity index (χ2n) is 12.9. The lowest BCUT2D eigenvalue weighted by Crippen LogP contribution is -1.93. The molecule has 0 radical (unpaired) electrons. The maximum absolute atomic E-state index is 5.34. The third-order valence-corrected chi connectivity index (χ3v) is 9.62. The monoisotopic (exact) mass is 699 g/mol. The van der Waals surface area contributed by atoms with Crippen molar-refractivity contribution >= 4 is 21.8 Å². The number of ether oxygens (including phenoxy) is 2. The Morgan fingerprint density at radius 1 is 0.333 bits per heavy atom. The number of fused-ring (bicyclic) bond motifs is 3. The minimum atomic E-state index is 0.783. The van der Waals surface area contributed by atoms with Crippen molar-refractivity contribution in [2.45, 2.75) is 0 Å². The van der Waals surface area contributed by atoms with E-state index in [1.54, 1.807) is 14.2 Å². The Balaban J connectivity index is 0.972. The summed E-state index contributed by atoms with van der Waals surface area (Å²) in [6, 6.07) is 51.0. The summed E-state index contributed by atoms with van der Waals surface area (Å²) in [6.45, 7) is 0. The van der Waals surface area contributed by atoms with Crippen LogP contribution in [0.15, 0.2) is 164 Å². The zero-order valence-electron chi connectivity index (χ0n) is 29.6. The largest absolute Gasteiger partial charge is 0.497 e. The Hall–Kier alpha value is -7.25. The van der Waals surface area contributed by atoms with Crippen LogP contribution in [0.1, 0.15) is 0 Å². The first-order chi connectivity index (χ1) is 26.6. The van der Waals surface area contributed by atoms with E-state index in [4.69, 9.17) is 34.4 Å². The third-order valence-electron chi connectivity index (χ3n) is 9.62. The number of methoxy groups -OCH3 is 2. The number of pyridine rings is 5. The molecular weight excluding hydrogens is 667 g/mol. The molecule has 0 spiro atoms. The lowest BCUT2D eigenvalue weighted by Gasteiger charge is -2.10. The van der Waals surface area contributed by atoms with Crippen LogP contribution in [-0.2, 0) is 0 Å². The second kappa shape index (κ2) is 14.1. The van der Waals surface area contributed by atoms with Crippen molar-refractivity contribution in [1.29, 1.82) is 0 Å². The van der Waals surface area contributed by atoms with Crippen LogP contribution in [0, 0.1) is 0 Å². The molecule has 0 saturated heterocycles. The maximum Gasteiger partial charge on any atom is 0.118 e. The molecule has 54 heavy (non-hydrogen) atoms. The third kappa shape index (κ3) is 6.39. The summed E-state index contributed by atoms with van der Waals surface area (Å²) in [5, 5.41) is 2.09. The molecular formula is C47H33N5O2. The van der Waals surface area contributed by atoms with Gasteiger partial charge >= 0.3 is 0 Å². The van der Waals surface area contributed by atoms with Gasteiger partial charge in [-0.2, -0.15) is 0 Å². The van der Waals surface area contributed by atoms with Crippen LogP contribution in [-0.4, -0.2) is 39.1 Å². The van der Waals surface area contributed by atoms with Crippen LogP contribution in [0.3, 0.4) is 0 Å². The summed E-state index contributed by atoms with van der Waals surface area (Å²) in [5.41, 5.74) is 12.9. The molecule has 7 heteroatoms. The van der Waals surface area contributed by atoms with E-state index >= 15 is 0 Å². The number of benzene rings is 4. The normalized spacial score (nSPS) is 11.1. The van der Waals surface area contributed by atoms with Crippen molar-refractivity contribution in [3.05, 3.63) is 164 Å². The molecule has 5 aromatic heterocycles. The lowest BCUT2D eigenvalue weighted by atomic mass is 10.0. The van der Waals surface area contributed by atoms with Crippen LogP contribution in [0.4, 0.5) is 0 Å². The molecule has 0 aliphatic rings. The molecule has 9 aromatic rings. The van der Waals surface area contributed by atoms with Gasteiger partial charge in [-0.25, -0.2) is 15.0 Å². The van der Waals surface area contributed by atoms with E-state index in [2.05, 4.69) is 72.8 Å². The van der Waals surface area contributed by atoms with Gasteiger partial charge in [-0.05, 0) is 90.0 Å². The average molecular weight is 700 g/mol. The van der Waals surface area contributed by atoms with Gasteiger partial charge in [0.25, 0.3) is 0 Å². The molecule has 0 amide bonds. The van der Waals surface area contributed by atoms with Crippen LogP contribution >= 0.6 is 0 Å². The van der Waals surface area contributed by atoms with Gasteiger partial charge in [0.15, 0.2) is 0 Å². The van der Waals surface area contributed by atoms with Crippen molar-refractivity contribution in [2.24, 2.45) is 0 Å². The van der Waals surface area contributed by atoms with E-state index < -0.39 is 0 Å². The number of rotatable bonds is 8. The van der Waals surface area contributed by atoms with Gasteiger partial charge in [-0.3, -0.25) is 9.97 Å². The molecule has 258 valence electrons. The van der Waals surface area contributed by atoms with Gasteiger partial charge < -0.3 is 9.47 Å². The Labute approximate surface area is 312 Å². The quantitative estimate of drug-likeness (QED) is 0.146. The van der Waals surface area contributed by atoms with E-state index in [1.807, 2.05) is 91.3 Å². The first-order valence-corrected chi connectivity index (χ1v) is 17.6. The predicted molar refractivity (Wildman–Crippen MR) is 216 cm³/mol. The van der Waals surface area contributed by atoms with Crippen molar-refractivity contribution < 1.29 is 9.47 Å². The second-order valence-corrected chi connectivity index (χ2v) is 12.9. The minimum absolute atomic E-state index is 0.783. The van der Waals surface area contributed by atoms with Crippen LogP contribution in [0.2, 0.25) is 0 Å². The average Bonchev–Trinajstić information content (AvgIpc) is 3.26. The van der Waals surface area contributed by atoms with Gasteiger partial charge in [-0.15, -0.1) is 0 Å². The Morgan fingerprint density at radius 3 is 1.31 bits per heavy atom. The molecule has 5 heterocycles. The number of nitrogens with zero attached hydrogens (tertiary/aromatic N) is 5. The zero-order chi connectivity index (χ0) is 36.4. The van der Waals surface area contributed by atoms with Gasteiger partial charge in [-0.1, -0.05) is 72.8 Å². The fourth-order valence-corrected chi connectivity index (χ4v) is 6.64. The SMILES string of the molecule is COc1ccc(-c2ccc(-c3cccc(-c4ccc(-c5cccc(-c6ccc7ccc8ccc(-c9ccc(OC)cc9)nc8c7n6)c5)cn4)n3)nc2)cc1. The standard InChI is InChI=1S/C47H33N5O2/c1-53-38-19-11-30(12-20-38)36-17-25-42(48-28-36)44-7-4-8-45(50-44)43-26-18-37(29-49-43)34-5-3-6-35(27-34)41-24-16-33-10-9-32-15-23-40(51-46(32)47(33)52-41)31-13-21-39(54-2)22-14-31/h3-29H,1-2H3. The lowest BCUT2D eigenvalue weighted by molar-refractivity contribution is 0.415. The molecule has 0 fully saturated rings. The predicted octanol–water partition coefficient (Wildman–Crippen LogP) is 11.0. The zero-order valence-corrected chi connectivity index (χ0v) is 29.6. The number of aromatic nitrogens is 5. The summed E-state index contributed by atoms with van der Waals surface area (Å²) < 4.78 is 10.6. The van der Waals surface area contributed by atoms with Crippen molar-refractivity contribution in [2.75, 3.05) is 14.2 Å². The first kappa shape index (κ1) is 32.6. The highest BCUT2D eigenvalue weighted by molar-refractivity contribution is 6.04. The Morgan fingerprint density at radius 2 is 0.778 bits per heavy atom. The van der Waals surface area contributed by atoms with Gasteiger partial charge in [0.2, 0.25) is 0 Å².